The molecule has 1 heterocycles. The van der Waals surface area contributed by atoms with Crippen LogP contribution in [0.15, 0.2) is 22.7 Å². The van der Waals surface area contributed by atoms with Crippen LogP contribution in [0.5, 0.6) is 0 Å². The Bertz CT molecular complexity index is 707. The van der Waals surface area contributed by atoms with E-state index in [-0.39, 0.29) is 24.4 Å². The zero-order valence-electron chi connectivity index (χ0n) is 11.4. The molecule has 1 atom stereocenters. The Morgan fingerprint density at radius 3 is 3.00 bits per heavy atom. The lowest BCUT2D eigenvalue weighted by Gasteiger charge is -2.15. The fourth-order valence-corrected chi connectivity index (χ4v) is 4.25. The molecule has 22 heavy (non-hydrogen) atoms. The van der Waals surface area contributed by atoms with Crippen LogP contribution in [0.1, 0.15) is 27.3 Å². The highest BCUT2D eigenvalue weighted by Crippen LogP contribution is 2.30. The van der Waals surface area contributed by atoms with E-state index < -0.39 is 0 Å². The minimum absolute atomic E-state index is 0. The summed E-state index contributed by atoms with van der Waals surface area (Å²) < 4.78 is 0.663. The maximum atomic E-state index is 12.3. The summed E-state index contributed by atoms with van der Waals surface area (Å²) in [5, 5.41) is 4.05. The number of aromatic nitrogens is 1. The highest BCUT2D eigenvalue weighted by atomic mass is 79.9. The topological polar surface area (TPSA) is 68.0 Å². The lowest BCUT2D eigenvalue weighted by Crippen LogP contribution is -2.27. The molecule has 0 aliphatic heterocycles. The Labute approximate surface area is 152 Å². The number of fused-ring (bicyclic) bond motifs is 1. The van der Waals surface area contributed by atoms with Gasteiger partial charge in [0.1, 0.15) is 0 Å². The molecule has 0 saturated carbocycles. The number of halogens is 3. The minimum atomic E-state index is -0.200. The SMILES string of the molecule is Cl.N[C@H]1CCc2nc(NC(=O)c3ccc(Cl)cc3Br)sc2C1. The molecule has 8 heteroatoms. The number of nitrogens with two attached hydrogens (primary N) is 1. The second kappa shape index (κ2) is 7.27. The van der Waals surface area contributed by atoms with Crippen LogP contribution in [-0.2, 0) is 12.8 Å². The van der Waals surface area contributed by atoms with E-state index in [2.05, 4.69) is 26.2 Å². The molecule has 3 rings (SSSR count). The number of nitrogens with zero attached hydrogens (tertiary/aromatic N) is 1. The number of anilines is 1. The van der Waals surface area contributed by atoms with Crippen LogP contribution in [0.2, 0.25) is 5.02 Å². The molecule has 3 N–H and O–H groups in total. The van der Waals surface area contributed by atoms with E-state index >= 15 is 0 Å². The number of amides is 1. The van der Waals surface area contributed by atoms with Gasteiger partial charge in [-0.15, -0.1) is 23.7 Å². The molecule has 0 spiro atoms. The smallest absolute Gasteiger partial charge is 0.258 e. The van der Waals surface area contributed by atoms with Crippen molar-refractivity contribution in [3.63, 3.8) is 0 Å². The highest BCUT2D eigenvalue weighted by molar-refractivity contribution is 9.10. The van der Waals surface area contributed by atoms with Crippen molar-refractivity contribution in [3.05, 3.63) is 43.8 Å². The molecule has 0 unspecified atom stereocenters. The van der Waals surface area contributed by atoms with Gasteiger partial charge in [-0.3, -0.25) is 10.1 Å². The van der Waals surface area contributed by atoms with E-state index in [9.17, 15) is 4.79 Å². The van der Waals surface area contributed by atoms with Crippen LogP contribution in [0.25, 0.3) is 0 Å². The second-order valence-corrected chi connectivity index (χ2v) is 7.34. The number of thiazole rings is 1. The van der Waals surface area contributed by atoms with Gasteiger partial charge in [-0.2, -0.15) is 0 Å². The average molecular weight is 423 g/mol. The number of rotatable bonds is 2. The van der Waals surface area contributed by atoms with Crippen LogP contribution >= 0.6 is 51.3 Å². The summed E-state index contributed by atoms with van der Waals surface area (Å²) in [6, 6.07) is 5.27. The van der Waals surface area contributed by atoms with Crippen molar-refractivity contribution >= 4 is 62.3 Å². The van der Waals surface area contributed by atoms with E-state index in [1.807, 2.05) is 0 Å². The number of nitrogens with one attached hydrogen (secondary N) is 1. The first-order valence-corrected chi connectivity index (χ1v) is 8.52. The van der Waals surface area contributed by atoms with Crippen molar-refractivity contribution in [2.45, 2.75) is 25.3 Å². The Morgan fingerprint density at radius 2 is 2.27 bits per heavy atom. The Kier molecular flexibility index (Phi) is 5.85. The van der Waals surface area contributed by atoms with Gasteiger partial charge < -0.3 is 5.73 Å². The standard InChI is InChI=1S/C14H13BrClN3OS.ClH/c15-10-5-7(16)1-3-9(10)13(20)19-14-18-11-4-2-8(17)6-12(11)21-14;/h1,3,5,8H,2,4,6,17H2,(H,18,19,20);1H/t8-;/m0./s1. The molecule has 1 aromatic carbocycles. The third-order valence-corrected chi connectivity index (χ3v) is 5.30. The molecule has 0 radical (unpaired) electrons. The third kappa shape index (κ3) is 3.81. The summed E-state index contributed by atoms with van der Waals surface area (Å²) in [5.41, 5.74) is 7.55. The van der Waals surface area contributed by atoms with Crippen LogP contribution in [0, 0.1) is 0 Å². The molecule has 1 aliphatic carbocycles. The van der Waals surface area contributed by atoms with Crippen LogP contribution in [0.3, 0.4) is 0 Å². The molecule has 1 aliphatic rings. The first kappa shape index (κ1) is 17.7. The van der Waals surface area contributed by atoms with Gasteiger partial charge in [-0.25, -0.2) is 4.98 Å². The quantitative estimate of drug-likeness (QED) is 0.766. The van der Waals surface area contributed by atoms with Gasteiger partial charge in [0.15, 0.2) is 5.13 Å². The predicted octanol–water partition coefficient (Wildman–Crippen LogP) is 4.05. The van der Waals surface area contributed by atoms with E-state index in [1.54, 1.807) is 18.2 Å². The molecule has 2 aromatic rings. The largest absolute Gasteiger partial charge is 0.327 e. The molecule has 0 saturated heterocycles. The number of aryl methyl sites for hydroxylation is 1. The average Bonchev–Trinajstić information content (AvgIpc) is 2.79. The van der Waals surface area contributed by atoms with E-state index in [0.29, 0.717) is 20.2 Å². The summed E-state index contributed by atoms with van der Waals surface area (Å²) in [4.78, 5) is 17.9. The molecular formula is C14H14BrCl2N3OS. The lowest BCUT2D eigenvalue weighted by atomic mass is 9.99. The van der Waals surface area contributed by atoms with Gasteiger partial charge >= 0.3 is 0 Å². The summed E-state index contributed by atoms with van der Waals surface area (Å²) in [6.07, 6.45) is 2.67. The summed E-state index contributed by atoms with van der Waals surface area (Å²) in [6.45, 7) is 0. The zero-order valence-corrected chi connectivity index (χ0v) is 15.4. The van der Waals surface area contributed by atoms with E-state index in [0.717, 1.165) is 25.0 Å². The first-order chi connectivity index (χ1) is 10.0. The molecule has 0 bridgehead atoms. The van der Waals surface area contributed by atoms with Gasteiger partial charge in [0.05, 0.1) is 11.3 Å². The number of hydrogen-bond acceptors (Lipinski definition) is 4. The normalized spacial score (nSPS) is 16.6. The molecule has 4 nitrogen and oxygen atoms in total. The summed E-state index contributed by atoms with van der Waals surface area (Å²) in [5.74, 6) is -0.200. The maximum absolute atomic E-state index is 12.3. The molecule has 118 valence electrons. The number of hydrogen-bond donors (Lipinski definition) is 2. The monoisotopic (exact) mass is 421 g/mol. The maximum Gasteiger partial charge on any atom is 0.258 e. The minimum Gasteiger partial charge on any atom is -0.327 e. The lowest BCUT2D eigenvalue weighted by molar-refractivity contribution is 0.102. The Morgan fingerprint density at radius 1 is 1.50 bits per heavy atom. The fourth-order valence-electron chi connectivity index (χ4n) is 2.29. The summed E-state index contributed by atoms with van der Waals surface area (Å²) >= 11 is 10.7. The van der Waals surface area contributed by atoms with E-state index in [4.69, 9.17) is 17.3 Å². The molecule has 1 aromatic heterocycles. The van der Waals surface area contributed by atoms with Crippen molar-refractivity contribution in [1.29, 1.82) is 0 Å². The predicted molar refractivity (Wildman–Crippen MR) is 96.5 cm³/mol. The first-order valence-electron chi connectivity index (χ1n) is 6.53. The van der Waals surface area contributed by atoms with Crippen molar-refractivity contribution < 1.29 is 4.79 Å². The van der Waals surface area contributed by atoms with Crippen molar-refractivity contribution in [2.75, 3.05) is 5.32 Å². The zero-order chi connectivity index (χ0) is 15.0. The van der Waals surface area contributed by atoms with Gasteiger partial charge in [0.25, 0.3) is 5.91 Å². The van der Waals surface area contributed by atoms with Crippen molar-refractivity contribution in [1.82, 2.24) is 4.98 Å². The fraction of sp³-hybridized carbons (Fsp3) is 0.286. The molecule has 1 amide bonds. The highest BCUT2D eigenvalue weighted by Gasteiger charge is 2.21. The Balaban J connectivity index is 0.00000176. The summed E-state index contributed by atoms with van der Waals surface area (Å²) in [7, 11) is 0. The Hall–Kier alpha value is -0.660. The number of carbonyl (C=O) groups excluding carboxylic acids is 1. The van der Waals surface area contributed by atoms with Gasteiger partial charge in [-0.1, -0.05) is 11.6 Å². The second-order valence-electron chi connectivity index (χ2n) is 4.97. The molecule has 0 fully saturated rings. The van der Waals surface area contributed by atoms with Crippen molar-refractivity contribution in [3.8, 4) is 0 Å². The third-order valence-electron chi connectivity index (χ3n) is 3.37. The number of benzene rings is 1. The number of carbonyl (C=O) groups is 1. The molecular weight excluding hydrogens is 409 g/mol. The van der Waals surface area contributed by atoms with Crippen LogP contribution < -0.4 is 11.1 Å². The van der Waals surface area contributed by atoms with Gasteiger partial charge in [-0.05, 0) is 53.4 Å². The van der Waals surface area contributed by atoms with Gasteiger partial charge in [0, 0.05) is 20.4 Å². The van der Waals surface area contributed by atoms with E-state index in [1.165, 1.54) is 16.2 Å². The van der Waals surface area contributed by atoms with Crippen LogP contribution in [-0.4, -0.2) is 16.9 Å². The van der Waals surface area contributed by atoms with Crippen LogP contribution in [0.4, 0.5) is 5.13 Å². The van der Waals surface area contributed by atoms with Crippen molar-refractivity contribution in [2.24, 2.45) is 5.73 Å². The van der Waals surface area contributed by atoms with Gasteiger partial charge in [0.2, 0.25) is 0 Å².